The van der Waals surface area contributed by atoms with Gasteiger partial charge in [0.25, 0.3) is 0 Å². The molecule has 7 nitrogen and oxygen atoms in total. The van der Waals surface area contributed by atoms with Crippen molar-refractivity contribution in [2.45, 2.75) is 71.9 Å². The highest BCUT2D eigenvalue weighted by atomic mass is 16.2. The van der Waals surface area contributed by atoms with Gasteiger partial charge < -0.3 is 14.0 Å². The molecule has 3 rings (SSSR count). The van der Waals surface area contributed by atoms with Crippen molar-refractivity contribution in [3.05, 3.63) is 29.9 Å². The molecule has 1 amide bonds. The largest absolute Gasteiger partial charge is 0.343 e. The summed E-state index contributed by atoms with van der Waals surface area (Å²) in [5, 5.41) is 8.97. The topological polar surface area (TPSA) is 68.8 Å². The van der Waals surface area contributed by atoms with E-state index in [-0.39, 0.29) is 0 Å². The van der Waals surface area contributed by atoms with Crippen LogP contribution in [0, 0.1) is 6.92 Å². The molecule has 142 valence electrons. The smallest absolute Gasteiger partial charge is 0.222 e. The van der Waals surface area contributed by atoms with Crippen molar-refractivity contribution < 1.29 is 4.79 Å². The van der Waals surface area contributed by atoms with Crippen LogP contribution in [-0.2, 0) is 17.9 Å². The van der Waals surface area contributed by atoms with Crippen molar-refractivity contribution in [1.82, 2.24) is 29.2 Å². The van der Waals surface area contributed by atoms with Crippen LogP contribution in [0.4, 0.5) is 0 Å². The number of hydrogen-bond donors (Lipinski definition) is 0. The Kier molecular flexibility index (Phi) is 6.06. The predicted molar refractivity (Wildman–Crippen MR) is 99.8 cm³/mol. The second-order valence-corrected chi connectivity index (χ2v) is 7.08. The molecule has 0 saturated carbocycles. The first kappa shape index (κ1) is 18.6. The highest BCUT2D eigenvalue weighted by Crippen LogP contribution is 2.28. The second kappa shape index (κ2) is 8.47. The summed E-state index contributed by atoms with van der Waals surface area (Å²) >= 11 is 0. The van der Waals surface area contributed by atoms with E-state index in [9.17, 15) is 4.79 Å². The Morgan fingerprint density at radius 1 is 1.23 bits per heavy atom. The van der Waals surface area contributed by atoms with Crippen molar-refractivity contribution in [3.8, 4) is 0 Å². The van der Waals surface area contributed by atoms with E-state index in [0.717, 1.165) is 62.8 Å². The van der Waals surface area contributed by atoms with E-state index in [0.29, 0.717) is 24.8 Å². The molecule has 1 aliphatic heterocycles. The monoisotopic (exact) mass is 358 g/mol. The van der Waals surface area contributed by atoms with E-state index >= 15 is 0 Å². The SMILES string of the molecule is CCCCC(=O)N1CCC(c2nnc(Cn3ccnc3C)n2CC)CC1. The molecular weight excluding hydrogens is 328 g/mol. The fourth-order valence-corrected chi connectivity index (χ4v) is 3.71. The number of nitrogens with zero attached hydrogens (tertiary/aromatic N) is 6. The van der Waals surface area contributed by atoms with Gasteiger partial charge >= 0.3 is 0 Å². The number of aromatic nitrogens is 5. The molecule has 1 fully saturated rings. The summed E-state index contributed by atoms with van der Waals surface area (Å²) in [4.78, 5) is 18.5. The zero-order valence-electron chi connectivity index (χ0n) is 16.2. The maximum atomic E-state index is 12.2. The Morgan fingerprint density at radius 2 is 2.00 bits per heavy atom. The zero-order valence-corrected chi connectivity index (χ0v) is 16.2. The van der Waals surface area contributed by atoms with Gasteiger partial charge in [-0.15, -0.1) is 10.2 Å². The van der Waals surface area contributed by atoms with Crippen LogP contribution in [0.15, 0.2) is 12.4 Å². The van der Waals surface area contributed by atoms with E-state index in [2.05, 4.69) is 38.2 Å². The molecule has 7 heteroatoms. The normalized spacial score (nSPS) is 15.6. The third-order valence-electron chi connectivity index (χ3n) is 5.36. The highest BCUT2D eigenvalue weighted by molar-refractivity contribution is 5.76. The molecule has 0 unspecified atom stereocenters. The second-order valence-electron chi connectivity index (χ2n) is 7.08. The van der Waals surface area contributed by atoms with Gasteiger partial charge in [0.15, 0.2) is 5.82 Å². The maximum absolute atomic E-state index is 12.2. The number of likely N-dealkylation sites (tertiary alicyclic amines) is 1. The third kappa shape index (κ3) is 3.97. The van der Waals surface area contributed by atoms with Crippen LogP contribution in [0.2, 0.25) is 0 Å². The number of carbonyl (C=O) groups excluding carboxylic acids is 1. The van der Waals surface area contributed by atoms with Gasteiger partial charge in [-0.05, 0) is 33.1 Å². The lowest BCUT2D eigenvalue weighted by Gasteiger charge is -2.31. The van der Waals surface area contributed by atoms with Crippen molar-refractivity contribution >= 4 is 5.91 Å². The minimum Gasteiger partial charge on any atom is -0.343 e. The van der Waals surface area contributed by atoms with Crippen molar-refractivity contribution in [1.29, 1.82) is 0 Å². The Morgan fingerprint density at radius 3 is 2.62 bits per heavy atom. The molecule has 26 heavy (non-hydrogen) atoms. The zero-order chi connectivity index (χ0) is 18.5. The standard InChI is InChI=1S/C19H30N6O/c1-4-6-7-18(26)23-11-8-16(9-12-23)19-22-21-17(25(19)5-2)14-24-13-10-20-15(24)3/h10,13,16H,4-9,11-12,14H2,1-3H3. The lowest BCUT2D eigenvalue weighted by molar-refractivity contribution is -0.132. The van der Waals surface area contributed by atoms with E-state index < -0.39 is 0 Å². The molecule has 0 bridgehead atoms. The minimum absolute atomic E-state index is 0.304. The number of carbonyl (C=O) groups is 1. The van der Waals surface area contributed by atoms with Gasteiger partial charge in [-0.25, -0.2) is 4.98 Å². The molecule has 0 spiro atoms. The molecule has 2 aromatic rings. The third-order valence-corrected chi connectivity index (χ3v) is 5.36. The molecule has 3 heterocycles. The number of rotatable bonds is 7. The molecule has 0 aromatic carbocycles. The first-order chi connectivity index (χ1) is 12.6. The average molecular weight is 358 g/mol. The molecule has 0 N–H and O–H groups in total. The number of unbranched alkanes of at least 4 members (excludes halogenated alkanes) is 1. The summed E-state index contributed by atoms with van der Waals surface area (Å²) < 4.78 is 4.33. The quantitative estimate of drug-likeness (QED) is 0.763. The molecule has 0 atom stereocenters. The number of aryl methyl sites for hydroxylation is 1. The predicted octanol–water partition coefficient (Wildman–Crippen LogP) is 2.75. The minimum atomic E-state index is 0.304. The van der Waals surface area contributed by atoms with E-state index in [1.54, 1.807) is 0 Å². The van der Waals surface area contributed by atoms with Gasteiger partial charge in [-0.1, -0.05) is 13.3 Å². The molecular formula is C19H30N6O. The van der Waals surface area contributed by atoms with Crippen LogP contribution < -0.4 is 0 Å². The number of imidazole rings is 1. The first-order valence-corrected chi connectivity index (χ1v) is 9.81. The lowest BCUT2D eigenvalue weighted by atomic mass is 9.95. The van der Waals surface area contributed by atoms with Crippen LogP contribution in [0.5, 0.6) is 0 Å². The number of hydrogen-bond acceptors (Lipinski definition) is 4. The average Bonchev–Trinajstić information content (AvgIpc) is 3.26. The lowest BCUT2D eigenvalue weighted by Crippen LogP contribution is -2.38. The summed E-state index contributed by atoms with van der Waals surface area (Å²) in [6.07, 6.45) is 8.47. The van der Waals surface area contributed by atoms with Gasteiger partial charge in [0.05, 0.1) is 6.54 Å². The summed E-state index contributed by atoms with van der Waals surface area (Å²) in [6.45, 7) is 9.49. The fraction of sp³-hybridized carbons (Fsp3) is 0.684. The van der Waals surface area contributed by atoms with Gasteiger partial charge in [-0.2, -0.15) is 0 Å². The van der Waals surface area contributed by atoms with Crippen LogP contribution in [0.3, 0.4) is 0 Å². The summed E-state index contributed by atoms with van der Waals surface area (Å²) in [5.41, 5.74) is 0. The summed E-state index contributed by atoms with van der Waals surface area (Å²) in [5.74, 6) is 3.72. The Bertz CT molecular complexity index is 726. The van der Waals surface area contributed by atoms with Crippen LogP contribution in [0.1, 0.15) is 69.3 Å². The van der Waals surface area contributed by atoms with Gasteiger partial charge in [0.2, 0.25) is 5.91 Å². The van der Waals surface area contributed by atoms with Gasteiger partial charge in [-0.3, -0.25) is 4.79 Å². The maximum Gasteiger partial charge on any atom is 0.222 e. The van der Waals surface area contributed by atoms with Crippen molar-refractivity contribution in [3.63, 3.8) is 0 Å². The Hall–Kier alpha value is -2.18. The van der Waals surface area contributed by atoms with Crippen LogP contribution in [-0.4, -0.2) is 48.2 Å². The highest BCUT2D eigenvalue weighted by Gasteiger charge is 2.27. The first-order valence-electron chi connectivity index (χ1n) is 9.81. The Labute approximate surface area is 155 Å². The molecule has 1 saturated heterocycles. The van der Waals surface area contributed by atoms with E-state index in [4.69, 9.17) is 0 Å². The number of amides is 1. The molecule has 2 aromatic heterocycles. The summed E-state index contributed by atoms with van der Waals surface area (Å²) in [6, 6.07) is 0. The Balaban J connectivity index is 1.65. The molecule has 0 aliphatic carbocycles. The fourth-order valence-electron chi connectivity index (χ4n) is 3.71. The van der Waals surface area contributed by atoms with E-state index in [1.807, 2.05) is 24.2 Å². The van der Waals surface area contributed by atoms with Crippen LogP contribution >= 0.6 is 0 Å². The molecule has 1 aliphatic rings. The summed E-state index contributed by atoms with van der Waals surface area (Å²) in [7, 11) is 0. The molecule has 0 radical (unpaired) electrons. The van der Waals surface area contributed by atoms with Crippen LogP contribution in [0.25, 0.3) is 0 Å². The van der Waals surface area contributed by atoms with Crippen molar-refractivity contribution in [2.24, 2.45) is 0 Å². The van der Waals surface area contributed by atoms with Gasteiger partial charge in [0.1, 0.15) is 11.6 Å². The van der Waals surface area contributed by atoms with Crippen molar-refractivity contribution in [2.75, 3.05) is 13.1 Å². The van der Waals surface area contributed by atoms with E-state index in [1.165, 1.54) is 0 Å². The number of piperidine rings is 1. The van der Waals surface area contributed by atoms with Gasteiger partial charge in [0, 0.05) is 44.4 Å².